The number of alkyl halides is 2. The quantitative estimate of drug-likeness (QED) is 0.604. The molecule has 1 unspecified atom stereocenters. The van der Waals surface area contributed by atoms with Crippen molar-refractivity contribution >= 4 is 5.95 Å². The molecule has 0 fully saturated rings. The number of aromatic nitrogens is 4. The van der Waals surface area contributed by atoms with Crippen LogP contribution < -0.4 is 5.32 Å². The molecule has 10 heteroatoms. The number of benzene rings is 1. The van der Waals surface area contributed by atoms with Gasteiger partial charge >= 0.3 is 6.43 Å². The van der Waals surface area contributed by atoms with E-state index in [9.17, 15) is 13.2 Å². The predicted molar refractivity (Wildman–Crippen MR) is 96.3 cm³/mol. The molecule has 0 bridgehead atoms. The maximum atomic E-state index is 13.1. The number of nitrogens with one attached hydrogen (secondary N) is 1. The van der Waals surface area contributed by atoms with Gasteiger partial charge in [-0.3, -0.25) is 0 Å². The smallest absolute Gasteiger partial charge is 0.314 e. The molecule has 1 N–H and O–H groups in total. The van der Waals surface area contributed by atoms with Crippen LogP contribution in [0, 0.1) is 5.82 Å². The number of hydrogen-bond acceptors (Lipinski definition) is 7. The fourth-order valence-corrected chi connectivity index (χ4v) is 2.26. The lowest BCUT2D eigenvalue weighted by Crippen LogP contribution is -2.18. The van der Waals surface area contributed by atoms with E-state index in [0.717, 1.165) is 5.56 Å². The van der Waals surface area contributed by atoms with E-state index < -0.39 is 12.3 Å². The Balaban J connectivity index is 0.00000280. The van der Waals surface area contributed by atoms with Gasteiger partial charge in [-0.1, -0.05) is 19.6 Å². The first-order valence-electron chi connectivity index (χ1n) is 8.10. The fraction of sp³-hybridized carbons (Fsp3) is 0.333. The average molecular weight is 395 g/mol. The third-order valence-electron chi connectivity index (χ3n) is 3.59. The van der Waals surface area contributed by atoms with Crippen LogP contribution in [-0.4, -0.2) is 33.4 Å². The largest absolute Gasteiger partial charge is 0.415 e. The number of ether oxygens (including phenoxy) is 1. The molecule has 0 spiro atoms. The SMILES string of the molecule is C.CCOCC(Nc1ncc(-c2nnc(C(F)F)o2)cn1)c1ccc(F)cc1. The minimum atomic E-state index is -2.84. The molecular weight excluding hydrogens is 375 g/mol. The van der Waals surface area contributed by atoms with Crippen molar-refractivity contribution in [2.24, 2.45) is 0 Å². The second-order valence-electron chi connectivity index (χ2n) is 5.45. The van der Waals surface area contributed by atoms with Gasteiger partial charge in [0.05, 0.1) is 18.2 Å². The Hall–Kier alpha value is -3.01. The van der Waals surface area contributed by atoms with Crippen molar-refractivity contribution in [3.8, 4) is 11.5 Å². The zero-order valence-corrected chi connectivity index (χ0v) is 14.3. The first kappa shape index (κ1) is 21.3. The summed E-state index contributed by atoms with van der Waals surface area (Å²) in [4.78, 5) is 8.27. The average Bonchev–Trinajstić information content (AvgIpc) is 3.17. The normalized spacial score (nSPS) is 11.9. The molecule has 7 nitrogen and oxygen atoms in total. The van der Waals surface area contributed by atoms with Gasteiger partial charge in [-0.15, -0.1) is 10.2 Å². The summed E-state index contributed by atoms with van der Waals surface area (Å²) in [6.45, 7) is 2.71. The van der Waals surface area contributed by atoms with Gasteiger partial charge in [0, 0.05) is 19.0 Å². The Morgan fingerprint density at radius 1 is 1.11 bits per heavy atom. The van der Waals surface area contributed by atoms with E-state index in [1.54, 1.807) is 12.1 Å². The molecule has 0 radical (unpaired) electrons. The lowest BCUT2D eigenvalue weighted by molar-refractivity contribution is 0.116. The number of nitrogens with zero attached hydrogens (tertiary/aromatic N) is 4. The van der Waals surface area contributed by atoms with E-state index in [1.165, 1.54) is 24.5 Å². The number of rotatable bonds is 8. The summed E-state index contributed by atoms with van der Waals surface area (Å²) in [5.74, 6) is -0.917. The highest BCUT2D eigenvalue weighted by Gasteiger charge is 2.18. The van der Waals surface area contributed by atoms with Crippen LogP contribution in [0.15, 0.2) is 41.1 Å². The molecule has 0 aliphatic rings. The second-order valence-corrected chi connectivity index (χ2v) is 5.45. The molecule has 0 saturated carbocycles. The minimum absolute atomic E-state index is 0. The van der Waals surface area contributed by atoms with Crippen LogP contribution in [0.3, 0.4) is 0 Å². The van der Waals surface area contributed by atoms with Crippen LogP contribution in [0.5, 0.6) is 0 Å². The van der Waals surface area contributed by atoms with E-state index >= 15 is 0 Å². The van der Waals surface area contributed by atoms with E-state index in [-0.39, 0.29) is 31.1 Å². The van der Waals surface area contributed by atoms with Gasteiger partial charge in [-0.25, -0.2) is 14.4 Å². The van der Waals surface area contributed by atoms with Crippen molar-refractivity contribution in [1.82, 2.24) is 20.2 Å². The molecule has 2 heterocycles. The maximum Gasteiger partial charge on any atom is 0.314 e. The third kappa shape index (κ3) is 5.26. The molecule has 0 amide bonds. The number of anilines is 1. The standard InChI is InChI=1S/C17H16F3N5O2.CH4/c1-2-26-9-13(10-3-5-12(18)6-4-10)23-17-21-7-11(8-22-17)15-24-25-16(27-15)14(19)20;/h3-8,13-14H,2,9H2,1H3,(H,21,22,23);1H4. The van der Waals surface area contributed by atoms with E-state index in [0.29, 0.717) is 18.8 Å². The summed E-state index contributed by atoms with van der Waals surface area (Å²) in [7, 11) is 0. The summed E-state index contributed by atoms with van der Waals surface area (Å²) in [6, 6.07) is 5.70. The lowest BCUT2D eigenvalue weighted by Gasteiger charge is -2.19. The molecule has 0 aliphatic carbocycles. The fourth-order valence-electron chi connectivity index (χ4n) is 2.26. The Morgan fingerprint density at radius 2 is 1.79 bits per heavy atom. The highest BCUT2D eigenvalue weighted by molar-refractivity contribution is 5.50. The summed E-state index contributed by atoms with van der Waals surface area (Å²) >= 11 is 0. The topological polar surface area (TPSA) is 86.0 Å². The van der Waals surface area contributed by atoms with Gasteiger partial charge in [-0.2, -0.15) is 8.78 Å². The monoisotopic (exact) mass is 395 g/mol. The van der Waals surface area contributed by atoms with E-state index in [1.807, 2.05) is 6.92 Å². The zero-order valence-electron chi connectivity index (χ0n) is 14.3. The molecule has 2 aromatic heterocycles. The van der Waals surface area contributed by atoms with Crippen molar-refractivity contribution in [3.05, 3.63) is 53.9 Å². The molecule has 3 aromatic rings. The van der Waals surface area contributed by atoms with Crippen molar-refractivity contribution in [2.45, 2.75) is 26.8 Å². The molecule has 0 saturated heterocycles. The summed E-state index contributed by atoms with van der Waals surface area (Å²) in [5, 5.41) is 9.90. The molecule has 0 aliphatic heterocycles. The van der Waals surface area contributed by atoms with E-state index in [2.05, 4.69) is 25.5 Å². The van der Waals surface area contributed by atoms with Crippen LogP contribution in [0.2, 0.25) is 0 Å². The van der Waals surface area contributed by atoms with Crippen LogP contribution in [0.25, 0.3) is 11.5 Å². The minimum Gasteiger partial charge on any atom is -0.415 e. The summed E-state index contributed by atoms with van der Waals surface area (Å²) in [5.41, 5.74) is 1.11. The second kappa shape index (κ2) is 9.79. The lowest BCUT2D eigenvalue weighted by atomic mass is 10.1. The molecule has 3 rings (SSSR count). The van der Waals surface area contributed by atoms with Gasteiger partial charge in [0.15, 0.2) is 0 Å². The molecular formula is C18H20F3N5O2. The predicted octanol–water partition coefficient (Wildman–Crippen LogP) is 4.43. The Kier molecular flexibility index (Phi) is 7.44. The maximum absolute atomic E-state index is 13.1. The molecule has 28 heavy (non-hydrogen) atoms. The van der Waals surface area contributed by atoms with Gasteiger partial charge in [0.1, 0.15) is 5.82 Å². The molecule has 1 atom stereocenters. The van der Waals surface area contributed by atoms with Crippen molar-refractivity contribution in [3.63, 3.8) is 0 Å². The van der Waals surface area contributed by atoms with Crippen molar-refractivity contribution < 1.29 is 22.3 Å². The van der Waals surface area contributed by atoms with Gasteiger partial charge in [0.2, 0.25) is 5.95 Å². The molecule has 150 valence electrons. The third-order valence-corrected chi connectivity index (χ3v) is 3.59. The number of hydrogen-bond donors (Lipinski definition) is 1. The van der Waals surface area contributed by atoms with Crippen molar-refractivity contribution in [2.75, 3.05) is 18.5 Å². The van der Waals surface area contributed by atoms with Crippen LogP contribution in [0.1, 0.15) is 38.3 Å². The van der Waals surface area contributed by atoms with Gasteiger partial charge < -0.3 is 14.5 Å². The van der Waals surface area contributed by atoms with Gasteiger partial charge in [0.25, 0.3) is 11.8 Å². The Morgan fingerprint density at radius 3 is 2.36 bits per heavy atom. The van der Waals surface area contributed by atoms with E-state index in [4.69, 9.17) is 9.15 Å². The first-order chi connectivity index (χ1) is 13.1. The number of halogens is 3. The van der Waals surface area contributed by atoms with Crippen LogP contribution >= 0.6 is 0 Å². The van der Waals surface area contributed by atoms with Gasteiger partial charge in [-0.05, 0) is 24.6 Å². The first-order valence-corrected chi connectivity index (χ1v) is 8.10. The summed E-state index contributed by atoms with van der Waals surface area (Å²) in [6.07, 6.45) is -0.0933. The Bertz CT molecular complexity index is 856. The summed E-state index contributed by atoms with van der Waals surface area (Å²) < 4.78 is 48.5. The Labute approximate surface area is 160 Å². The van der Waals surface area contributed by atoms with Crippen LogP contribution in [-0.2, 0) is 4.74 Å². The molecule has 1 aromatic carbocycles. The van der Waals surface area contributed by atoms with Crippen molar-refractivity contribution in [1.29, 1.82) is 0 Å². The highest BCUT2D eigenvalue weighted by Crippen LogP contribution is 2.23. The zero-order chi connectivity index (χ0) is 19.2. The highest BCUT2D eigenvalue weighted by atomic mass is 19.3. The van der Waals surface area contributed by atoms with Crippen LogP contribution in [0.4, 0.5) is 19.1 Å².